The number of nitrogens with one attached hydrogen (secondary N) is 2. The Balaban J connectivity index is 1.22. The Bertz CT molecular complexity index is 1290. The molecule has 3 aromatic heterocycles. The number of anilines is 3. The lowest BCUT2D eigenvalue weighted by Gasteiger charge is -2.11. The third-order valence-corrected chi connectivity index (χ3v) is 6.97. The molecule has 1 aromatic carbocycles. The van der Waals surface area contributed by atoms with Crippen molar-refractivity contribution in [1.29, 1.82) is 0 Å². The zero-order valence-corrected chi connectivity index (χ0v) is 20.4. The largest absolute Gasteiger partial charge is 0.366 e. The summed E-state index contributed by atoms with van der Waals surface area (Å²) in [5.41, 5.74) is 4.08. The molecular formula is C25H29N7OS. The first-order valence-electron chi connectivity index (χ1n) is 11.8. The molecule has 0 spiro atoms. The van der Waals surface area contributed by atoms with Crippen molar-refractivity contribution in [2.45, 2.75) is 46.1 Å². The maximum atomic E-state index is 12.4. The molecule has 1 amide bonds. The van der Waals surface area contributed by atoms with E-state index in [0.717, 1.165) is 53.1 Å². The van der Waals surface area contributed by atoms with Crippen LogP contribution in [0.4, 0.5) is 17.5 Å². The molecule has 0 radical (unpaired) electrons. The molecule has 9 heteroatoms. The third kappa shape index (κ3) is 5.04. The van der Waals surface area contributed by atoms with Gasteiger partial charge in [-0.15, -0.1) is 16.4 Å². The second kappa shape index (κ2) is 9.80. The number of rotatable bonds is 8. The monoisotopic (exact) mass is 475 g/mol. The summed E-state index contributed by atoms with van der Waals surface area (Å²) in [7, 11) is 0. The van der Waals surface area contributed by atoms with Crippen LogP contribution < -0.4 is 15.5 Å². The number of thiophene rings is 1. The smallest absolute Gasteiger partial charge is 0.256 e. The lowest BCUT2D eigenvalue weighted by atomic mass is 10.2. The molecule has 0 bridgehead atoms. The van der Waals surface area contributed by atoms with Crippen molar-refractivity contribution in [3.05, 3.63) is 63.5 Å². The molecular weight excluding hydrogens is 446 g/mol. The van der Waals surface area contributed by atoms with Crippen LogP contribution in [0.15, 0.2) is 41.8 Å². The fourth-order valence-electron chi connectivity index (χ4n) is 4.12. The van der Waals surface area contributed by atoms with Gasteiger partial charge in [0, 0.05) is 42.0 Å². The zero-order chi connectivity index (χ0) is 23.5. The highest BCUT2D eigenvalue weighted by molar-refractivity contribution is 7.10. The number of fused-ring (bicyclic) bond motifs is 1. The van der Waals surface area contributed by atoms with Crippen LogP contribution in [0.25, 0.3) is 5.78 Å². The van der Waals surface area contributed by atoms with Gasteiger partial charge in [-0.3, -0.25) is 4.79 Å². The molecule has 1 aliphatic rings. The molecule has 0 aliphatic carbocycles. The van der Waals surface area contributed by atoms with Gasteiger partial charge in [-0.05, 0) is 60.9 Å². The van der Waals surface area contributed by atoms with Gasteiger partial charge in [0.15, 0.2) is 0 Å². The standard InChI is InChI=1S/C25H29N7OS/c1-3-18-13-21(34-16-18)14-23(33)28-20-8-6-19(7-9-20)15-26-22-12-17(2)27-24-29-25(30-32(22)24)31-10-4-5-11-31/h6-9,12-13,16,26H,3-5,10-11,14-15H2,1-2H3,(H,28,33). The molecule has 4 heterocycles. The summed E-state index contributed by atoms with van der Waals surface area (Å²) in [6.07, 6.45) is 3.76. The number of hydrogen-bond donors (Lipinski definition) is 2. The number of aryl methyl sites for hydroxylation is 2. The molecule has 176 valence electrons. The maximum absolute atomic E-state index is 12.4. The van der Waals surface area contributed by atoms with Crippen LogP contribution >= 0.6 is 11.3 Å². The Hall–Kier alpha value is -3.46. The van der Waals surface area contributed by atoms with Crippen molar-refractivity contribution < 1.29 is 4.79 Å². The van der Waals surface area contributed by atoms with Crippen molar-refractivity contribution in [2.75, 3.05) is 28.6 Å². The SMILES string of the molecule is CCc1csc(CC(=O)Nc2ccc(CNc3cc(C)nc4nc(N5CCCC5)nn34)cc2)c1. The van der Waals surface area contributed by atoms with Gasteiger partial charge in [-0.25, -0.2) is 4.98 Å². The van der Waals surface area contributed by atoms with Crippen molar-refractivity contribution in [3.63, 3.8) is 0 Å². The molecule has 0 saturated carbocycles. The van der Waals surface area contributed by atoms with E-state index < -0.39 is 0 Å². The van der Waals surface area contributed by atoms with Crippen LogP contribution in [0.3, 0.4) is 0 Å². The molecule has 8 nitrogen and oxygen atoms in total. The summed E-state index contributed by atoms with van der Waals surface area (Å²) in [4.78, 5) is 24.9. The van der Waals surface area contributed by atoms with Gasteiger partial charge in [0.2, 0.25) is 11.9 Å². The van der Waals surface area contributed by atoms with E-state index in [1.165, 1.54) is 18.4 Å². The lowest BCUT2D eigenvalue weighted by Crippen LogP contribution is -2.19. The van der Waals surface area contributed by atoms with Crippen LogP contribution in [0.2, 0.25) is 0 Å². The number of nitrogens with zero attached hydrogens (tertiary/aromatic N) is 5. The normalized spacial score (nSPS) is 13.5. The first-order chi connectivity index (χ1) is 16.6. The van der Waals surface area contributed by atoms with Crippen LogP contribution in [0.5, 0.6) is 0 Å². The zero-order valence-electron chi connectivity index (χ0n) is 19.5. The van der Waals surface area contributed by atoms with Crippen molar-refractivity contribution >= 4 is 40.5 Å². The second-order valence-electron chi connectivity index (χ2n) is 8.65. The Morgan fingerprint density at radius 2 is 1.88 bits per heavy atom. The van der Waals surface area contributed by atoms with Crippen LogP contribution in [0, 0.1) is 6.92 Å². The summed E-state index contributed by atoms with van der Waals surface area (Å²) < 4.78 is 1.78. The van der Waals surface area contributed by atoms with E-state index in [1.807, 2.05) is 37.3 Å². The highest BCUT2D eigenvalue weighted by Crippen LogP contribution is 2.20. The maximum Gasteiger partial charge on any atom is 0.256 e. The van der Waals surface area contributed by atoms with E-state index in [1.54, 1.807) is 15.9 Å². The van der Waals surface area contributed by atoms with E-state index in [4.69, 9.17) is 5.10 Å². The Labute approximate surface area is 203 Å². The minimum Gasteiger partial charge on any atom is -0.366 e. The van der Waals surface area contributed by atoms with Crippen molar-refractivity contribution in [3.8, 4) is 0 Å². The predicted molar refractivity (Wildman–Crippen MR) is 137 cm³/mol. The minimum absolute atomic E-state index is 0.00465. The summed E-state index contributed by atoms with van der Waals surface area (Å²) in [5.74, 6) is 2.22. The molecule has 34 heavy (non-hydrogen) atoms. The van der Waals surface area contributed by atoms with Crippen molar-refractivity contribution in [2.24, 2.45) is 0 Å². The first kappa shape index (κ1) is 22.3. The van der Waals surface area contributed by atoms with E-state index >= 15 is 0 Å². The molecule has 1 saturated heterocycles. The fourth-order valence-corrected chi connectivity index (χ4v) is 5.09. The van der Waals surface area contributed by atoms with Gasteiger partial charge >= 0.3 is 0 Å². The van der Waals surface area contributed by atoms with Gasteiger partial charge in [0.05, 0.1) is 6.42 Å². The van der Waals surface area contributed by atoms with E-state index in [9.17, 15) is 4.79 Å². The van der Waals surface area contributed by atoms with Crippen molar-refractivity contribution in [1.82, 2.24) is 19.6 Å². The number of benzene rings is 1. The highest BCUT2D eigenvalue weighted by Gasteiger charge is 2.18. The molecule has 5 rings (SSSR count). The first-order valence-corrected chi connectivity index (χ1v) is 12.6. The van der Waals surface area contributed by atoms with Crippen LogP contribution in [-0.2, 0) is 24.2 Å². The topological polar surface area (TPSA) is 87.4 Å². The molecule has 0 atom stereocenters. The quantitative estimate of drug-likeness (QED) is 0.392. The minimum atomic E-state index is 0.00465. The van der Waals surface area contributed by atoms with Gasteiger partial charge in [-0.1, -0.05) is 19.1 Å². The van der Waals surface area contributed by atoms with Gasteiger partial charge in [-0.2, -0.15) is 9.50 Å². The average molecular weight is 476 g/mol. The van der Waals surface area contributed by atoms with Gasteiger partial charge in [0.25, 0.3) is 5.78 Å². The third-order valence-electron chi connectivity index (χ3n) is 5.98. The van der Waals surface area contributed by atoms with Gasteiger partial charge < -0.3 is 15.5 Å². The molecule has 2 N–H and O–H groups in total. The summed E-state index contributed by atoms with van der Waals surface area (Å²) in [6, 6.07) is 12.0. The lowest BCUT2D eigenvalue weighted by molar-refractivity contribution is -0.115. The van der Waals surface area contributed by atoms with Crippen LogP contribution in [-0.4, -0.2) is 38.6 Å². The van der Waals surface area contributed by atoms with E-state index in [0.29, 0.717) is 18.7 Å². The summed E-state index contributed by atoms with van der Waals surface area (Å²) in [6.45, 7) is 6.70. The van der Waals surface area contributed by atoms with Crippen LogP contribution in [0.1, 0.15) is 41.5 Å². The molecule has 0 unspecified atom stereocenters. The molecule has 1 fully saturated rings. The number of carbonyl (C=O) groups is 1. The predicted octanol–water partition coefficient (Wildman–Crippen LogP) is 4.45. The number of hydrogen-bond acceptors (Lipinski definition) is 7. The van der Waals surface area contributed by atoms with E-state index in [2.05, 4.69) is 43.9 Å². The Morgan fingerprint density at radius 3 is 2.62 bits per heavy atom. The summed E-state index contributed by atoms with van der Waals surface area (Å²) in [5, 5.41) is 13.3. The highest BCUT2D eigenvalue weighted by atomic mass is 32.1. The number of amides is 1. The van der Waals surface area contributed by atoms with Gasteiger partial charge in [0.1, 0.15) is 5.82 Å². The fraction of sp³-hybridized carbons (Fsp3) is 0.360. The molecule has 1 aliphatic heterocycles. The number of carbonyl (C=O) groups excluding carboxylic acids is 1. The molecule has 4 aromatic rings. The Morgan fingerprint density at radius 1 is 1.09 bits per heavy atom. The summed E-state index contributed by atoms with van der Waals surface area (Å²) >= 11 is 1.64. The average Bonchev–Trinajstić information content (AvgIpc) is 3.58. The Kier molecular flexibility index (Phi) is 6.44. The van der Waals surface area contributed by atoms with E-state index in [-0.39, 0.29) is 5.91 Å². The number of aromatic nitrogens is 4. The second-order valence-corrected chi connectivity index (χ2v) is 9.65.